The maximum atomic E-state index is 12.3. The maximum absolute atomic E-state index is 12.3. The lowest BCUT2D eigenvalue weighted by molar-refractivity contribution is -0.126. The monoisotopic (exact) mass is 317 g/mol. The molecule has 0 aliphatic carbocycles. The second kappa shape index (κ2) is 7.21. The van der Waals surface area contributed by atoms with Crippen molar-refractivity contribution in [2.75, 3.05) is 45.9 Å². The van der Waals surface area contributed by atoms with Crippen molar-refractivity contribution >= 4 is 12.0 Å². The highest BCUT2D eigenvalue weighted by Crippen LogP contribution is 2.23. The fraction of sp³-hybridized carbons (Fsp3) is 0.529. The van der Waals surface area contributed by atoms with Gasteiger partial charge in [0.15, 0.2) is 0 Å². The van der Waals surface area contributed by atoms with Crippen molar-refractivity contribution in [3.8, 4) is 0 Å². The molecule has 6 nitrogen and oxygen atoms in total. The standard InChI is InChI=1S/C17H23N3O3/c21-16(2-1-15-3-6-18-7-4-15)20-8-5-17(22,14-20)13-19-9-11-23-12-10-19/h1-4,6-7,22H,5,8-14H2/b2-1+/t17-/m0/s1. The Morgan fingerprint density at radius 2 is 2.04 bits per heavy atom. The minimum absolute atomic E-state index is 0.0558. The molecule has 2 fully saturated rings. The first-order valence-corrected chi connectivity index (χ1v) is 8.04. The number of β-amino-alcohol motifs (C(OH)–C–C–N with tert-alkyl or cyclic N) is 1. The zero-order chi connectivity index (χ0) is 16.1. The van der Waals surface area contributed by atoms with Gasteiger partial charge in [0.25, 0.3) is 0 Å². The van der Waals surface area contributed by atoms with Crippen molar-refractivity contribution in [3.63, 3.8) is 0 Å². The molecular formula is C17H23N3O3. The number of pyridine rings is 1. The van der Waals surface area contributed by atoms with Crippen LogP contribution in [0.4, 0.5) is 0 Å². The van der Waals surface area contributed by atoms with E-state index < -0.39 is 5.60 Å². The lowest BCUT2D eigenvalue weighted by Crippen LogP contribution is -2.49. The number of aromatic nitrogens is 1. The average molecular weight is 317 g/mol. The zero-order valence-electron chi connectivity index (χ0n) is 13.2. The van der Waals surface area contributed by atoms with Crippen molar-refractivity contribution in [1.82, 2.24) is 14.8 Å². The number of rotatable bonds is 4. The van der Waals surface area contributed by atoms with E-state index in [0.717, 1.165) is 18.7 Å². The highest BCUT2D eigenvalue weighted by molar-refractivity contribution is 5.92. The van der Waals surface area contributed by atoms with Gasteiger partial charge in [0.2, 0.25) is 5.91 Å². The van der Waals surface area contributed by atoms with Crippen molar-refractivity contribution in [1.29, 1.82) is 0 Å². The summed E-state index contributed by atoms with van der Waals surface area (Å²) in [5.74, 6) is -0.0558. The average Bonchev–Trinajstić information content (AvgIpc) is 2.96. The number of carbonyl (C=O) groups excluding carboxylic acids is 1. The largest absolute Gasteiger partial charge is 0.387 e. The predicted octanol–water partition coefficient (Wildman–Crippen LogP) is 0.390. The Hall–Kier alpha value is -1.76. The van der Waals surface area contributed by atoms with Crippen molar-refractivity contribution < 1.29 is 14.6 Å². The second-order valence-electron chi connectivity index (χ2n) is 6.24. The molecule has 0 spiro atoms. The van der Waals surface area contributed by atoms with Gasteiger partial charge in [0.1, 0.15) is 0 Å². The normalized spacial score (nSPS) is 26.0. The number of carbonyl (C=O) groups is 1. The van der Waals surface area contributed by atoms with Crippen LogP contribution < -0.4 is 0 Å². The van der Waals surface area contributed by atoms with Crippen LogP contribution in [-0.4, -0.2) is 77.3 Å². The minimum atomic E-state index is -0.808. The van der Waals surface area contributed by atoms with Crippen molar-refractivity contribution in [2.45, 2.75) is 12.0 Å². The Kier molecular flexibility index (Phi) is 5.05. The molecule has 0 radical (unpaired) electrons. The molecule has 23 heavy (non-hydrogen) atoms. The molecule has 3 heterocycles. The van der Waals surface area contributed by atoms with Crippen LogP contribution in [0.15, 0.2) is 30.6 Å². The zero-order valence-corrected chi connectivity index (χ0v) is 13.2. The lowest BCUT2D eigenvalue weighted by Gasteiger charge is -2.33. The minimum Gasteiger partial charge on any atom is -0.387 e. The summed E-state index contributed by atoms with van der Waals surface area (Å²) >= 11 is 0. The summed E-state index contributed by atoms with van der Waals surface area (Å²) in [6, 6.07) is 3.70. The van der Waals surface area contributed by atoms with E-state index in [1.165, 1.54) is 0 Å². The first-order valence-electron chi connectivity index (χ1n) is 8.04. The van der Waals surface area contributed by atoms with Crippen LogP contribution in [0.3, 0.4) is 0 Å². The number of ether oxygens (including phenoxy) is 1. The smallest absolute Gasteiger partial charge is 0.246 e. The molecule has 0 bridgehead atoms. The van der Waals surface area contributed by atoms with Gasteiger partial charge in [-0.15, -0.1) is 0 Å². The Morgan fingerprint density at radius 1 is 1.30 bits per heavy atom. The third kappa shape index (κ3) is 4.37. The number of aliphatic hydroxyl groups is 1. The molecule has 124 valence electrons. The van der Waals surface area contributed by atoms with Crippen molar-refractivity contribution in [3.05, 3.63) is 36.2 Å². The molecule has 2 aliphatic rings. The number of nitrogens with zero attached hydrogens (tertiary/aromatic N) is 3. The molecule has 1 atom stereocenters. The SMILES string of the molecule is O=C(/C=C/c1ccncc1)N1CC[C@](O)(CN2CCOCC2)C1. The molecule has 3 rings (SSSR count). The van der Waals surface area contributed by atoms with E-state index >= 15 is 0 Å². The quantitative estimate of drug-likeness (QED) is 0.814. The van der Waals surface area contributed by atoms with Gasteiger partial charge in [-0.1, -0.05) is 0 Å². The summed E-state index contributed by atoms with van der Waals surface area (Å²) in [5, 5.41) is 10.7. The molecule has 6 heteroatoms. The maximum Gasteiger partial charge on any atom is 0.246 e. The van der Waals surface area contributed by atoms with Crippen LogP contribution in [0.25, 0.3) is 6.08 Å². The highest BCUT2D eigenvalue weighted by Gasteiger charge is 2.39. The van der Waals surface area contributed by atoms with Crippen LogP contribution in [-0.2, 0) is 9.53 Å². The Labute approximate surface area is 136 Å². The molecule has 2 saturated heterocycles. The van der Waals surface area contributed by atoms with Gasteiger partial charge in [-0.2, -0.15) is 0 Å². The van der Waals surface area contributed by atoms with Gasteiger partial charge in [0, 0.05) is 44.6 Å². The molecule has 0 unspecified atom stereocenters. The summed E-state index contributed by atoms with van der Waals surface area (Å²) in [7, 11) is 0. The van der Waals surface area contributed by atoms with E-state index in [2.05, 4.69) is 9.88 Å². The summed E-state index contributed by atoms with van der Waals surface area (Å²) in [4.78, 5) is 20.2. The second-order valence-corrected chi connectivity index (χ2v) is 6.24. The molecular weight excluding hydrogens is 294 g/mol. The van der Waals surface area contributed by atoms with Gasteiger partial charge in [-0.3, -0.25) is 14.7 Å². The molecule has 0 aromatic carbocycles. The predicted molar refractivity (Wildman–Crippen MR) is 86.7 cm³/mol. The first kappa shape index (κ1) is 16.1. The third-order valence-corrected chi connectivity index (χ3v) is 4.39. The van der Waals surface area contributed by atoms with Gasteiger partial charge in [-0.05, 0) is 30.2 Å². The molecule has 1 N–H and O–H groups in total. The number of morpholine rings is 1. The number of hydrogen-bond donors (Lipinski definition) is 1. The van der Waals surface area contributed by atoms with E-state index in [-0.39, 0.29) is 5.91 Å². The van der Waals surface area contributed by atoms with Crippen LogP contribution >= 0.6 is 0 Å². The van der Waals surface area contributed by atoms with Crippen LogP contribution in [0, 0.1) is 0 Å². The molecule has 0 saturated carbocycles. The third-order valence-electron chi connectivity index (χ3n) is 4.39. The number of likely N-dealkylation sites (tertiary alicyclic amines) is 1. The number of amides is 1. The van der Waals surface area contributed by atoms with Gasteiger partial charge in [-0.25, -0.2) is 0 Å². The fourth-order valence-corrected chi connectivity index (χ4v) is 3.10. The van der Waals surface area contributed by atoms with Crippen LogP contribution in [0.1, 0.15) is 12.0 Å². The highest BCUT2D eigenvalue weighted by atomic mass is 16.5. The lowest BCUT2D eigenvalue weighted by atomic mass is 10.0. The summed E-state index contributed by atoms with van der Waals surface area (Å²) in [6.07, 6.45) is 7.36. The summed E-state index contributed by atoms with van der Waals surface area (Å²) in [5.41, 5.74) is 0.133. The van der Waals surface area contributed by atoms with Crippen LogP contribution in [0.2, 0.25) is 0 Å². The van der Waals surface area contributed by atoms with Gasteiger partial charge >= 0.3 is 0 Å². The van der Waals surface area contributed by atoms with Crippen LogP contribution in [0.5, 0.6) is 0 Å². The molecule has 2 aliphatic heterocycles. The van der Waals surface area contributed by atoms with Gasteiger partial charge < -0.3 is 14.7 Å². The van der Waals surface area contributed by atoms with Crippen molar-refractivity contribution in [2.24, 2.45) is 0 Å². The topological polar surface area (TPSA) is 65.9 Å². The number of hydrogen-bond acceptors (Lipinski definition) is 5. The van der Waals surface area contributed by atoms with E-state index in [1.54, 1.807) is 29.4 Å². The molecule has 1 aromatic heterocycles. The van der Waals surface area contributed by atoms with E-state index in [9.17, 15) is 9.90 Å². The summed E-state index contributed by atoms with van der Waals surface area (Å²) in [6.45, 7) is 4.72. The molecule has 1 amide bonds. The van der Waals surface area contributed by atoms with Gasteiger partial charge in [0.05, 0.1) is 25.4 Å². The first-order chi connectivity index (χ1) is 11.1. The molecule has 1 aromatic rings. The summed E-state index contributed by atoms with van der Waals surface area (Å²) < 4.78 is 5.33. The Bertz CT molecular complexity index is 557. The fourth-order valence-electron chi connectivity index (χ4n) is 3.10. The Morgan fingerprint density at radius 3 is 2.78 bits per heavy atom. The van der Waals surface area contributed by atoms with E-state index in [4.69, 9.17) is 4.74 Å². The Balaban J connectivity index is 1.53. The van der Waals surface area contributed by atoms with E-state index in [1.807, 2.05) is 12.1 Å². The van der Waals surface area contributed by atoms with E-state index in [0.29, 0.717) is 39.3 Å².